The molecule has 30 heavy (non-hydrogen) atoms. The van der Waals surface area contributed by atoms with Crippen LogP contribution >= 0.6 is 0 Å². The molecule has 6 heteroatoms. The van der Waals surface area contributed by atoms with Crippen molar-refractivity contribution in [3.8, 4) is 5.88 Å². The summed E-state index contributed by atoms with van der Waals surface area (Å²) in [7, 11) is 1.57. The first-order valence-electron chi connectivity index (χ1n) is 10.6. The van der Waals surface area contributed by atoms with E-state index >= 15 is 0 Å². The van der Waals surface area contributed by atoms with Gasteiger partial charge in [-0.25, -0.2) is 9.78 Å². The number of ether oxygens (including phenoxy) is 2. The molecule has 6 nitrogen and oxygen atoms in total. The zero-order valence-corrected chi connectivity index (χ0v) is 17.5. The van der Waals surface area contributed by atoms with Gasteiger partial charge < -0.3 is 14.4 Å². The Kier molecular flexibility index (Phi) is 6.02. The number of hydrogen-bond acceptors (Lipinski definition) is 5. The van der Waals surface area contributed by atoms with Crippen LogP contribution in [0.5, 0.6) is 5.88 Å². The first-order valence-corrected chi connectivity index (χ1v) is 10.6. The Bertz CT molecular complexity index is 901. The van der Waals surface area contributed by atoms with Crippen LogP contribution in [0.1, 0.15) is 53.7 Å². The number of nitrogens with zero attached hydrogens (tertiary/aromatic N) is 2. The fourth-order valence-electron chi connectivity index (χ4n) is 4.82. The van der Waals surface area contributed by atoms with Gasteiger partial charge in [0.05, 0.1) is 12.8 Å². The lowest BCUT2D eigenvalue weighted by atomic mass is 9.75. The molecule has 2 saturated heterocycles. The molecule has 2 aliphatic rings. The third kappa shape index (κ3) is 4.18. The highest BCUT2D eigenvalue weighted by atomic mass is 16.6. The minimum absolute atomic E-state index is 0.0567. The third-order valence-electron chi connectivity index (χ3n) is 6.30. The molecule has 1 amide bonds. The Hall–Kier alpha value is -2.89. The number of hydrogen-bond donors (Lipinski definition) is 0. The van der Waals surface area contributed by atoms with E-state index in [0.29, 0.717) is 30.0 Å². The second-order valence-corrected chi connectivity index (χ2v) is 8.21. The third-order valence-corrected chi connectivity index (χ3v) is 6.30. The largest absolute Gasteiger partial charge is 0.481 e. The average Bonchev–Trinajstić information content (AvgIpc) is 2.76. The molecule has 1 aromatic heterocycles. The van der Waals surface area contributed by atoms with E-state index in [1.54, 1.807) is 19.2 Å². The number of pyridine rings is 1. The van der Waals surface area contributed by atoms with E-state index in [4.69, 9.17) is 9.47 Å². The topological polar surface area (TPSA) is 68.7 Å². The van der Waals surface area contributed by atoms with Crippen molar-refractivity contribution in [3.05, 3.63) is 59.3 Å². The molecule has 2 aromatic rings. The van der Waals surface area contributed by atoms with Crippen molar-refractivity contribution in [1.29, 1.82) is 0 Å². The first-order chi connectivity index (χ1) is 14.6. The number of Topliss-reactive ketones (excluding diaryl/α,β-unsaturated/α-hetero) is 1. The lowest BCUT2D eigenvalue weighted by Gasteiger charge is -2.47. The highest BCUT2D eigenvalue weighted by Gasteiger charge is 2.44. The van der Waals surface area contributed by atoms with E-state index in [0.717, 1.165) is 24.8 Å². The van der Waals surface area contributed by atoms with E-state index in [2.05, 4.69) is 4.98 Å². The molecule has 0 N–H and O–H groups in total. The maximum absolute atomic E-state index is 13.2. The predicted molar refractivity (Wildman–Crippen MR) is 112 cm³/mol. The zero-order chi connectivity index (χ0) is 21.1. The van der Waals surface area contributed by atoms with Gasteiger partial charge in [-0.1, -0.05) is 30.3 Å². The van der Waals surface area contributed by atoms with Crippen molar-refractivity contribution in [2.75, 3.05) is 7.11 Å². The number of amides is 1. The summed E-state index contributed by atoms with van der Waals surface area (Å²) in [5, 5.41) is 0. The van der Waals surface area contributed by atoms with Crippen LogP contribution in [0, 0.1) is 12.8 Å². The monoisotopic (exact) mass is 408 g/mol. The molecule has 1 aromatic carbocycles. The number of benzene rings is 1. The highest BCUT2D eigenvalue weighted by molar-refractivity contribution is 5.99. The van der Waals surface area contributed by atoms with Crippen molar-refractivity contribution in [2.24, 2.45) is 5.92 Å². The average molecular weight is 408 g/mol. The standard InChI is InChI=1S/C24H28N2O4/c1-16-21(11-12-22(25-16)29-2)23(27)18-13-19-9-6-10-20(14-18)26(19)24(28)30-15-17-7-4-3-5-8-17/h3-5,7-8,11-12,18-20H,6,9-10,13-15H2,1-2H3. The van der Waals surface area contributed by atoms with Crippen LogP contribution in [0.4, 0.5) is 4.79 Å². The molecule has 2 unspecified atom stereocenters. The van der Waals surface area contributed by atoms with Crippen LogP contribution in [0.3, 0.4) is 0 Å². The second kappa shape index (κ2) is 8.86. The Labute approximate surface area is 177 Å². The Morgan fingerprint density at radius 3 is 2.40 bits per heavy atom. The molecule has 0 aliphatic carbocycles. The van der Waals surface area contributed by atoms with Crippen LogP contribution in [0.25, 0.3) is 0 Å². The summed E-state index contributed by atoms with van der Waals surface area (Å²) >= 11 is 0. The van der Waals surface area contributed by atoms with Gasteiger partial charge in [-0.2, -0.15) is 0 Å². The fraction of sp³-hybridized carbons (Fsp3) is 0.458. The van der Waals surface area contributed by atoms with Gasteiger partial charge in [-0.05, 0) is 50.7 Å². The van der Waals surface area contributed by atoms with E-state index in [1.165, 1.54) is 0 Å². The van der Waals surface area contributed by atoms with Crippen LogP contribution in [0.2, 0.25) is 0 Å². The van der Waals surface area contributed by atoms with Crippen molar-refractivity contribution >= 4 is 11.9 Å². The summed E-state index contributed by atoms with van der Waals surface area (Å²) in [5.74, 6) is 0.543. The predicted octanol–water partition coefficient (Wildman–Crippen LogP) is 4.55. The molecule has 3 heterocycles. The van der Waals surface area contributed by atoms with E-state index in [9.17, 15) is 9.59 Å². The maximum Gasteiger partial charge on any atom is 0.410 e. The molecule has 4 rings (SSSR count). The summed E-state index contributed by atoms with van der Waals surface area (Å²) in [6, 6.07) is 13.4. The maximum atomic E-state index is 13.2. The minimum Gasteiger partial charge on any atom is -0.481 e. The molecule has 2 fully saturated rings. The Balaban J connectivity index is 1.44. The lowest BCUT2D eigenvalue weighted by molar-refractivity contribution is 0.00470. The lowest BCUT2D eigenvalue weighted by Crippen LogP contribution is -2.55. The number of methoxy groups -OCH3 is 1. The molecule has 0 saturated carbocycles. The number of ketones is 1. The normalized spacial score (nSPS) is 23.0. The number of carbonyl (C=O) groups excluding carboxylic acids is 2. The van der Waals surface area contributed by atoms with Crippen molar-refractivity contribution in [2.45, 2.75) is 57.7 Å². The summed E-state index contributed by atoms with van der Waals surface area (Å²) in [5.41, 5.74) is 2.32. The van der Waals surface area contributed by atoms with Gasteiger partial charge in [-0.3, -0.25) is 4.79 Å². The van der Waals surface area contributed by atoms with Gasteiger partial charge in [0, 0.05) is 29.6 Å². The van der Waals surface area contributed by atoms with Gasteiger partial charge in [-0.15, -0.1) is 0 Å². The molecule has 2 aliphatic heterocycles. The van der Waals surface area contributed by atoms with Gasteiger partial charge >= 0.3 is 6.09 Å². The summed E-state index contributed by atoms with van der Waals surface area (Å²) in [4.78, 5) is 32.3. The van der Waals surface area contributed by atoms with E-state index < -0.39 is 0 Å². The molecular formula is C24H28N2O4. The highest BCUT2D eigenvalue weighted by Crippen LogP contribution is 2.39. The molecule has 0 radical (unpaired) electrons. The van der Waals surface area contributed by atoms with Gasteiger partial charge in [0.25, 0.3) is 0 Å². The summed E-state index contributed by atoms with van der Waals surface area (Å²) < 4.78 is 10.8. The number of piperidine rings is 2. The van der Waals surface area contributed by atoms with Crippen LogP contribution in [-0.2, 0) is 11.3 Å². The summed E-state index contributed by atoms with van der Waals surface area (Å²) in [6.07, 6.45) is 4.02. The van der Waals surface area contributed by atoms with E-state index in [1.807, 2.05) is 42.2 Å². The Morgan fingerprint density at radius 2 is 1.77 bits per heavy atom. The molecular weight excluding hydrogens is 380 g/mol. The SMILES string of the molecule is COc1ccc(C(=O)C2CC3CCCC(C2)N3C(=O)OCc2ccccc2)c(C)n1. The number of carbonyl (C=O) groups is 2. The van der Waals surface area contributed by atoms with Crippen LogP contribution in [0.15, 0.2) is 42.5 Å². The number of aromatic nitrogens is 1. The quantitative estimate of drug-likeness (QED) is 0.679. The van der Waals surface area contributed by atoms with Crippen LogP contribution in [-0.4, -0.2) is 41.0 Å². The Morgan fingerprint density at radius 1 is 1.07 bits per heavy atom. The number of aryl methyl sites for hydroxylation is 1. The summed E-state index contributed by atoms with van der Waals surface area (Å²) in [6.45, 7) is 2.11. The molecule has 158 valence electrons. The van der Waals surface area contributed by atoms with Gasteiger partial charge in [0.2, 0.25) is 5.88 Å². The molecule has 0 spiro atoms. The molecule has 2 bridgehead atoms. The van der Waals surface area contributed by atoms with Gasteiger partial charge in [0.1, 0.15) is 6.61 Å². The van der Waals surface area contributed by atoms with Crippen molar-refractivity contribution < 1.29 is 19.1 Å². The smallest absolute Gasteiger partial charge is 0.410 e. The fourth-order valence-corrected chi connectivity index (χ4v) is 4.82. The first kappa shape index (κ1) is 20.4. The van der Waals surface area contributed by atoms with Crippen LogP contribution < -0.4 is 4.74 Å². The van der Waals surface area contributed by atoms with Gasteiger partial charge in [0.15, 0.2) is 5.78 Å². The van der Waals surface area contributed by atoms with Crippen molar-refractivity contribution in [1.82, 2.24) is 9.88 Å². The van der Waals surface area contributed by atoms with Crippen molar-refractivity contribution in [3.63, 3.8) is 0 Å². The molecule has 2 atom stereocenters. The minimum atomic E-state index is -0.262. The van der Waals surface area contributed by atoms with E-state index in [-0.39, 0.29) is 36.5 Å². The number of fused-ring (bicyclic) bond motifs is 2. The number of rotatable bonds is 5. The zero-order valence-electron chi connectivity index (χ0n) is 17.5. The second-order valence-electron chi connectivity index (χ2n) is 8.21.